The Labute approximate surface area is 151 Å². The fourth-order valence-electron chi connectivity index (χ4n) is 3.77. The molecule has 1 amide bonds. The zero-order valence-corrected chi connectivity index (χ0v) is 14.7. The first-order chi connectivity index (χ1) is 12.6. The molecule has 1 aromatic carbocycles. The second-order valence-electron chi connectivity index (χ2n) is 7.08. The average Bonchev–Trinajstić information content (AvgIpc) is 3.01. The highest BCUT2D eigenvalue weighted by atomic mass is 19.1. The van der Waals surface area contributed by atoms with E-state index in [4.69, 9.17) is 4.74 Å². The maximum Gasteiger partial charge on any atom is 0.222 e. The van der Waals surface area contributed by atoms with Crippen LogP contribution in [-0.4, -0.2) is 52.4 Å². The number of para-hydroxylation sites is 1. The first kappa shape index (κ1) is 17.2. The van der Waals surface area contributed by atoms with Crippen molar-refractivity contribution in [2.45, 2.75) is 31.4 Å². The Morgan fingerprint density at radius 3 is 2.88 bits per heavy atom. The smallest absolute Gasteiger partial charge is 0.222 e. The van der Waals surface area contributed by atoms with Gasteiger partial charge in [0.1, 0.15) is 11.5 Å². The van der Waals surface area contributed by atoms with Crippen molar-refractivity contribution in [2.24, 2.45) is 0 Å². The molecule has 0 atom stereocenters. The molecule has 2 aliphatic heterocycles. The quantitative estimate of drug-likeness (QED) is 0.910. The van der Waals surface area contributed by atoms with E-state index in [1.54, 1.807) is 29.1 Å². The van der Waals surface area contributed by atoms with Crippen LogP contribution in [0.5, 0.6) is 0 Å². The van der Waals surface area contributed by atoms with E-state index in [9.17, 15) is 9.18 Å². The Kier molecular flexibility index (Phi) is 4.74. The van der Waals surface area contributed by atoms with Crippen molar-refractivity contribution in [1.29, 1.82) is 0 Å². The zero-order chi connectivity index (χ0) is 18.0. The maximum atomic E-state index is 13.9. The van der Waals surface area contributed by atoms with E-state index < -0.39 is 0 Å². The van der Waals surface area contributed by atoms with Crippen molar-refractivity contribution < 1.29 is 13.9 Å². The van der Waals surface area contributed by atoms with Gasteiger partial charge < -0.3 is 10.1 Å². The summed E-state index contributed by atoms with van der Waals surface area (Å²) in [6, 6.07) is 6.62. The van der Waals surface area contributed by atoms with E-state index in [0.717, 1.165) is 38.0 Å². The Hall–Kier alpha value is -2.25. The van der Waals surface area contributed by atoms with Crippen LogP contribution in [0.2, 0.25) is 0 Å². The summed E-state index contributed by atoms with van der Waals surface area (Å²) in [5.41, 5.74) is 1.19. The number of aromatic nitrogens is 2. The number of amides is 1. The number of hydrogen-bond donors (Lipinski definition) is 1. The Bertz CT molecular complexity index is 783. The molecular formula is C19H23FN4O2. The third-order valence-corrected chi connectivity index (χ3v) is 5.22. The molecule has 26 heavy (non-hydrogen) atoms. The number of piperidine rings is 1. The monoisotopic (exact) mass is 358 g/mol. The topological polar surface area (TPSA) is 59.4 Å². The van der Waals surface area contributed by atoms with E-state index in [1.807, 2.05) is 6.20 Å². The molecule has 1 N–H and O–H groups in total. The molecule has 4 rings (SSSR count). The van der Waals surface area contributed by atoms with Gasteiger partial charge >= 0.3 is 0 Å². The molecule has 2 saturated heterocycles. The van der Waals surface area contributed by atoms with Crippen molar-refractivity contribution in [2.75, 3.05) is 26.2 Å². The minimum absolute atomic E-state index is 0.0853. The van der Waals surface area contributed by atoms with Gasteiger partial charge in [-0.05, 0) is 25.0 Å². The number of likely N-dealkylation sites (tertiary alicyclic amines) is 1. The number of benzene rings is 1. The van der Waals surface area contributed by atoms with Gasteiger partial charge in [-0.3, -0.25) is 9.69 Å². The van der Waals surface area contributed by atoms with Crippen LogP contribution >= 0.6 is 0 Å². The molecule has 2 fully saturated rings. The Morgan fingerprint density at radius 2 is 2.08 bits per heavy atom. The predicted octanol–water partition coefficient (Wildman–Crippen LogP) is 1.88. The van der Waals surface area contributed by atoms with Crippen LogP contribution in [0.4, 0.5) is 4.39 Å². The van der Waals surface area contributed by atoms with E-state index in [2.05, 4.69) is 15.3 Å². The van der Waals surface area contributed by atoms with E-state index in [1.165, 1.54) is 6.07 Å². The second-order valence-corrected chi connectivity index (χ2v) is 7.08. The van der Waals surface area contributed by atoms with Gasteiger partial charge in [0.15, 0.2) is 0 Å². The van der Waals surface area contributed by atoms with Crippen molar-refractivity contribution in [3.05, 3.63) is 48.0 Å². The Morgan fingerprint density at radius 1 is 1.27 bits per heavy atom. The molecule has 2 aliphatic rings. The summed E-state index contributed by atoms with van der Waals surface area (Å²) in [5.74, 6) is -0.201. The minimum Gasteiger partial charge on any atom is -0.373 e. The third-order valence-electron chi connectivity index (χ3n) is 5.22. The summed E-state index contributed by atoms with van der Waals surface area (Å²) in [6.45, 7) is 3.69. The van der Waals surface area contributed by atoms with Gasteiger partial charge in [0.2, 0.25) is 5.91 Å². The second kappa shape index (κ2) is 7.17. The highest BCUT2D eigenvalue weighted by molar-refractivity contribution is 5.77. The van der Waals surface area contributed by atoms with Gasteiger partial charge in [-0.1, -0.05) is 12.1 Å². The van der Waals surface area contributed by atoms with Crippen molar-refractivity contribution >= 4 is 5.91 Å². The molecule has 0 radical (unpaired) electrons. The van der Waals surface area contributed by atoms with Gasteiger partial charge in [0.25, 0.3) is 0 Å². The molecule has 1 spiro atoms. The van der Waals surface area contributed by atoms with Crippen LogP contribution in [0.3, 0.4) is 0 Å². The van der Waals surface area contributed by atoms with E-state index in [0.29, 0.717) is 25.3 Å². The summed E-state index contributed by atoms with van der Waals surface area (Å²) in [5, 5.41) is 7.16. The normalized spacial score (nSPS) is 20.7. The highest BCUT2D eigenvalue weighted by Crippen LogP contribution is 2.31. The molecule has 0 unspecified atom stereocenters. The molecule has 7 heteroatoms. The summed E-state index contributed by atoms with van der Waals surface area (Å²) in [6.07, 6.45) is 5.81. The van der Waals surface area contributed by atoms with Crippen LogP contribution in [0.15, 0.2) is 36.7 Å². The molecular weight excluding hydrogens is 335 g/mol. The van der Waals surface area contributed by atoms with Crippen LogP contribution in [0, 0.1) is 5.82 Å². The van der Waals surface area contributed by atoms with E-state index in [-0.39, 0.29) is 17.3 Å². The summed E-state index contributed by atoms with van der Waals surface area (Å²) in [4.78, 5) is 14.2. The minimum atomic E-state index is -0.311. The summed E-state index contributed by atoms with van der Waals surface area (Å²) < 4.78 is 21.5. The fourth-order valence-corrected chi connectivity index (χ4v) is 3.77. The van der Waals surface area contributed by atoms with E-state index >= 15 is 0 Å². The zero-order valence-electron chi connectivity index (χ0n) is 14.7. The van der Waals surface area contributed by atoms with Crippen LogP contribution in [-0.2, 0) is 16.1 Å². The van der Waals surface area contributed by atoms with Crippen LogP contribution in [0.25, 0.3) is 5.69 Å². The van der Waals surface area contributed by atoms with Crippen molar-refractivity contribution in [3.63, 3.8) is 0 Å². The highest BCUT2D eigenvalue weighted by Gasteiger charge is 2.38. The number of nitrogens with one attached hydrogen (secondary N) is 1. The van der Waals surface area contributed by atoms with Gasteiger partial charge in [0, 0.05) is 37.9 Å². The number of hydrogen-bond acceptors (Lipinski definition) is 4. The summed E-state index contributed by atoms with van der Waals surface area (Å²) in [7, 11) is 0. The first-order valence-corrected chi connectivity index (χ1v) is 9.05. The standard InChI is InChI=1S/C19H23FN4O2/c20-16-3-1-2-4-17(16)24-14-15(12-22-24)13-23-8-5-19(6-9-23)11-18(25)21-7-10-26-19/h1-4,12,14H,5-11,13H2,(H,21,25). The molecule has 0 bridgehead atoms. The number of rotatable bonds is 3. The largest absolute Gasteiger partial charge is 0.373 e. The molecule has 0 aliphatic carbocycles. The number of nitrogens with zero attached hydrogens (tertiary/aromatic N) is 3. The number of halogens is 1. The molecule has 1 aromatic heterocycles. The van der Waals surface area contributed by atoms with Gasteiger partial charge in [-0.2, -0.15) is 5.10 Å². The SMILES string of the molecule is O=C1CC2(CCN(Cc3cnn(-c4ccccc4F)c3)CC2)OCCN1. The maximum absolute atomic E-state index is 13.9. The van der Waals surface area contributed by atoms with Crippen molar-refractivity contribution in [1.82, 2.24) is 20.0 Å². The van der Waals surface area contributed by atoms with Gasteiger partial charge in [-0.15, -0.1) is 0 Å². The molecule has 138 valence electrons. The molecule has 3 heterocycles. The van der Waals surface area contributed by atoms with Crippen molar-refractivity contribution in [3.8, 4) is 5.69 Å². The lowest BCUT2D eigenvalue weighted by Crippen LogP contribution is -2.46. The van der Waals surface area contributed by atoms with Gasteiger partial charge in [0.05, 0.1) is 24.8 Å². The lowest BCUT2D eigenvalue weighted by atomic mass is 9.87. The Balaban J connectivity index is 1.38. The fraction of sp³-hybridized carbons (Fsp3) is 0.474. The first-order valence-electron chi connectivity index (χ1n) is 9.05. The molecule has 2 aromatic rings. The molecule has 6 nitrogen and oxygen atoms in total. The predicted molar refractivity (Wildman–Crippen MR) is 94.3 cm³/mol. The number of ether oxygens (including phenoxy) is 1. The average molecular weight is 358 g/mol. The van der Waals surface area contributed by atoms with Crippen LogP contribution in [0.1, 0.15) is 24.8 Å². The molecule has 0 saturated carbocycles. The lowest BCUT2D eigenvalue weighted by molar-refractivity contribution is -0.128. The number of carbonyl (C=O) groups is 1. The lowest BCUT2D eigenvalue weighted by Gasteiger charge is -2.40. The number of carbonyl (C=O) groups excluding carboxylic acids is 1. The van der Waals surface area contributed by atoms with Gasteiger partial charge in [-0.25, -0.2) is 9.07 Å². The summed E-state index contributed by atoms with van der Waals surface area (Å²) >= 11 is 0. The van der Waals surface area contributed by atoms with Crippen LogP contribution < -0.4 is 5.32 Å². The third kappa shape index (κ3) is 3.64.